The van der Waals surface area contributed by atoms with Crippen molar-refractivity contribution in [2.75, 3.05) is 13.2 Å². The second kappa shape index (κ2) is 8.43. The molecule has 0 heterocycles. The van der Waals surface area contributed by atoms with Gasteiger partial charge in [0, 0.05) is 24.1 Å². The third-order valence-electron chi connectivity index (χ3n) is 4.77. The lowest BCUT2D eigenvalue weighted by atomic mass is 9.99. The molecule has 3 rings (SSSR count). The van der Waals surface area contributed by atoms with E-state index in [0.717, 1.165) is 16.7 Å². The number of rotatable bonds is 6. The molecule has 2 aromatic carbocycles. The van der Waals surface area contributed by atoms with Crippen molar-refractivity contribution < 1.29 is 18.3 Å². The molecule has 2 unspecified atom stereocenters. The fourth-order valence-corrected chi connectivity index (χ4v) is 2.76. The number of ether oxygens (including phenoxy) is 1. The van der Waals surface area contributed by atoms with Gasteiger partial charge in [0.2, 0.25) is 5.91 Å². The van der Waals surface area contributed by atoms with Gasteiger partial charge in [-0.25, -0.2) is 8.78 Å². The van der Waals surface area contributed by atoms with Gasteiger partial charge in [0.1, 0.15) is 5.75 Å². The summed E-state index contributed by atoms with van der Waals surface area (Å²) in [5.74, 6) is 3.30. The van der Waals surface area contributed by atoms with Gasteiger partial charge in [-0.05, 0) is 55.8 Å². The monoisotopic (exact) mass is 383 g/mol. The highest BCUT2D eigenvalue weighted by atomic mass is 19.3. The summed E-state index contributed by atoms with van der Waals surface area (Å²) in [7, 11) is 0. The van der Waals surface area contributed by atoms with Crippen LogP contribution in [0.2, 0.25) is 0 Å². The van der Waals surface area contributed by atoms with Crippen LogP contribution in [-0.2, 0) is 4.79 Å². The highest BCUT2D eigenvalue weighted by Crippen LogP contribution is 2.48. The van der Waals surface area contributed by atoms with Crippen molar-refractivity contribution in [2.45, 2.75) is 32.1 Å². The minimum atomic E-state index is -2.56. The van der Waals surface area contributed by atoms with E-state index in [9.17, 15) is 13.6 Å². The summed E-state index contributed by atoms with van der Waals surface area (Å²) in [6.07, 6.45) is -0.0859. The van der Waals surface area contributed by atoms with Crippen LogP contribution >= 0.6 is 0 Å². The van der Waals surface area contributed by atoms with Crippen molar-refractivity contribution in [1.82, 2.24) is 5.32 Å². The Hall–Kier alpha value is -2.87. The molecule has 1 N–H and O–H groups in total. The third kappa shape index (κ3) is 5.10. The number of likely N-dealkylation sites (N-methyl/N-ethyl adjacent to an activating group) is 1. The van der Waals surface area contributed by atoms with Crippen LogP contribution in [0.3, 0.4) is 0 Å². The Balaban J connectivity index is 1.56. The lowest BCUT2D eigenvalue weighted by molar-refractivity contribution is -0.122. The summed E-state index contributed by atoms with van der Waals surface area (Å²) in [6.45, 7) is 4.43. The maximum absolute atomic E-state index is 12.8. The molecule has 0 spiro atoms. The number of alkyl halides is 2. The van der Waals surface area contributed by atoms with E-state index in [-0.39, 0.29) is 24.9 Å². The predicted molar refractivity (Wildman–Crippen MR) is 105 cm³/mol. The molecule has 0 radical (unpaired) electrons. The number of benzene rings is 2. The zero-order chi connectivity index (χ0) is 20.1. The lowest BCUT2D eigenvalue weighted by Crippen LogP contribution is -2.27. The van der Waals surface area contributed by atoms with Gasteiger partial charge < -0.3 is 10.1 Å². The number of carbonyl (C=O) groups is 1. The fraction of sp³-hybridized carbons (Fsp3) is 0.348. The molecule has 1 fully saturated rings. The van der Waals surface area contributed by atoms with E-state index in [1.54, 1.807) is 24.3 Å². The first-order valence-electron chi connectivity index (χ1n) is 9.39. The summed E-state index contributed by atoms with van der Waals surface area (Å²) in [4.78, 5) is 11.9. The smallest absolute Gasteiger partial charge is 0.255 e. The van der Waals surface area contributed by atoms with Crippen LogP contribution in [-0.4, -0.2) is 25.0 Å². The molecular weight excluding hydrogens is 360 g/mol. The van der Waals surface area contributed by atoms with E-state index < -0.39 is 11.8 Å². The number of halogens is 2. The summed E-state index contributed by atoms with van der Waals surface area (Å²) in [6, 6.07) is 14.7. The number of hydrogen-bond acceptors (Lipinski definition) is 2. The predicted octanol–water partition coefficient (Wildman–Crippen LogP) is 4.36. The van der Waals surface area contributed by atoms with Crippen molar-refractivity contribution in [2.24, 2.45) is 5.92 Å². The topological polar surface area (TPSA) is 38.3 Å². The summed E-state index contributed by atoms with van der Waals surface area (Å²) in [5, 5.41) is 2.82. The van der Waals surface area contributed by atoms with E-state index >= 15 is 0 Å². The van der Waals surface area contributed by atoms with E-state index in [4.69, 9.17) is 4.74 Å². The van der Waals surface area contributed by atoms with E-state index in [1.165, 1.54) is 0 Å². The normalized spacial score (nSPS) is 17.8. The van der Waals surface area contributed by atoms with Crippen LogP contribution in [0.4, 0.5) is 8.78 Å². The van der Waals surface area contributed by atoms with E-state index in [1.807, 2.05) is 38.1 Å². The van der Waals surface area contributed by atoms with Crippen LogP contribution < -0.4 is 10.1 Å². The van der Waals surface area contributed by atoms with Crippen LogP contribution in [0.15, 0.2) is 48.5 Å². The minimum Gasteiger partial charge on any atom is -0.493 e. The number of amides is 1. The van der Waals surface area contributed by atoms with Crippen molar-refractivity contribution in [3.05, 3.63) is 65.2 Å². The fourth-order valence-electron chi connectivity index (χ4n) is 2.76. The SMILES string of the molecule is CCNC(=O)C(C)c1ccc(C#Cc2ccc(OCC3CC3(F)F)cc2)cc1. The Kier molecular flexibility index (Phi) is 5.99. The van der Waals surface area contributed by atoms with Gasteiger partial charge in [-0.15, -0.1) is 0 Å². The van der Waals surface area contributed by atoms with E-state index in [0.29, 0.717) is 12.3 Å². The molecule has 0 bridgehead atoms. The highest BCUT2D eigenvalue weighted by Gasteiger charge is 2.57. The number of hydrogen-bond donors (Lipinski definition) is 1. The molecule has 1 aliphatic rings. The Morgan fingerprint density at radius 2 is 1.68 bits per heavy atom. The Bertz CT molecular complexity index is 880. The van der Waals surface area contributed by atoms with Crippen LogP contribution in [0.5, 0.6) is 5.75 Å². The van der Waals surface area contributed by atoms with Gasteiger partial charge >= 0.3 is 0 Å². The largest absolute Gasteiger partial charge is 0.493 e. The molecule has 2 atom stereocenters. The molecule has 28 heavy (non-hydrogen) atoms. The second-order valence-corrected chi connectivity index (χ2v) is 6.99. The van der Waals surface area contributed by atoms with Gasteiger partial charge in [0.25, 0.3) is 5.92 Å². The molecule has 1 aliphatic carbocycles. The molecule has 0 aromatic heterocycles. The van der Waals surface area contributed by atoms with Gasteiger partial charge in [0.05, 0.1) is 18.4 Å². The maximum Gasteiger partial charge on any atom is 0.255 e. The molecule has 5 heteroatoms. The van der Waals surface area contributed by atoms with Crippen molar-refractivity contribution in [3.63, 3.8) is 0 Å². The molecule has 1 saturated carbocycles. The zero-order valence-corrected chi connectivity index (χ0v) is 16.0. The minimum absolute atomic E-state index is 0.00838. The molecule has 146 valence electrons. The Morgan fingerprint density at radius 1 is 1.14 bits per heavy atom. The average Bonchev–Trinajstić information content (AvgIpc) is 3.32. The quantitative estimate of drug-likeness (QED) is 0.753. The van der Waals surface area contributed by atoms with Gasteiger partial charge in [-0.2, -0.15) is 0 Å². The summed E-state index contributed by atoms with van der Waals surface area (Å²) < 4.78 is 31.1. The molecular formula is C23H23F2NO2. The van der Waals surface area contributed by atoms with Gasteiger partial charge in [0.15, 0.2) is 0 Å². The second-order valence-electron chi connectivity index (χ2n) is 6.99. The van der Waals surface area contributed by atoms with Crippen molar-refractivity contribution in [1.29, 1.82) is 0 Å². The summed E-state index contributed by atoms with van der Waals surface area (Å²) in [5.41, 5.74) is 2.60. The molecule has 1 amide bonds. The standard InChI is InChI=1S/C23H23F2NO2/c1-3-26-22(27)16(2)19-10-6-17(7-11-19)4-5-18-8-12-21(13-9-18)28-15-20-14-23(20,24)25/h6-13,16,20H,3,14-15H2,1-2H3,(H,26,27). The van der Waals surface area contributed by atoms with Crippen molar-refractivity contribution in [3.8, 4) is 17.6 Å². The van der Waals surface area contributed by atoms with Gasteiger partial charge in [-0.3, -0.25) is 4.79 Å². The zero-order valence-electron chi connectivity index (χ0n) is 16.0. The lowest BCUT2D eigenvalue weighted by Gasteiger charge is -2.11. The third-order valence-corrected chi connectivity index (χ3v) is 4.77. The molecule has 2 aromatic rings. The highest BCUT2D eigenvalue weighted by molar-refractivity contribution is 5.83. The molecule has 0 aliphatic heterocycles. The van der Waals surface area contributed by atoms with Crippen LogP contribution in [0.25, 0.3) is 0 Å². The first kappa shape index (κ1) is 19.9. The average molecular weight is 383 g/mol. The van der Waals surface area contributed by atoms with Gasteiger partial charge in [-0.1, -0.05) is 24.0 Å². The number of nitrogens with one attached hydrogen (secondary N) is 1. The summed E-state index contributed by atoms with van der Waals surface area (Å²) >= 11 is 0. The van der Waals surface area contributed by atoms with Crippen molar-refractivity contribution >= 4 is 5.91 Å². The Morgan fingerprint density at radius 3 is 2.18 bits per heavy atom. The van der Waals surface area contributed by atoms with Crippen LogP contribution in [0, 0.1) is 17.8 Å². The first-order valence-corrected chi connectivity index (χ1v) is 9.39. The molecule has 3 nitrogen and oxygen atoms in total. The van der Waals surface area contributed by atoms with Crippen LogP contribution in [0.1, 0.15) is 42.9 Å². The maximum atomic E-state index is 12.8. The first-order chi connectivity index (χ1) is 13.4. The molecule has 0 saturated heterocycles. The Labute approximate surface area is 164 Å². The number of carbonyl (C=O) groups excluding carboxylic acids is 1. The van der Waals surface area contributed by atoms with E-state index in [2.05, 4.69) is 17.2 Å².